The van der Waals surface area contributed by atoms with E-state index in [2.05, 4.69) is 117 Å². The SMILES string of the molecule is C/C(=C/C(=O)Nc1ccccc1CO[Si](c1ccccc1)(c1ccccc1)C(C)(C)C)c1ccc2ccccc2c1. The Kier molecular flexibility index (Phi) is 8.34. The Morgan fingerprint density at radius 2 is 1.29 bits per heavy atom. The van der Waals surface area contributed by atoms with E-state index in [4.69, 9.17) is 4.43 Å². The minimum absolute atomic E-state index is 0.131. The second-order valence-corrected chi connectivity index (χ2v) is 15.8. The summed E-state index contributed by atoms with van der Waals surface area (Å²) in [5.41, 5.74) is 3.65. The average Bonchev–Trinajstić information content (AvgIpc) is 2.98. The van der Waals surface area contributed by atoms with Crippen LogP contribution in [0.1, 0.15) is 38.8 Å². The zero-order valence-electron chi connectivity index (χ0n) is 24.2. The van der Waals surface area contributed by atoms with Crippen LogP contribution in [0.4, 0.5) is 5.69 Å². The molecule has 0 aromatic heterocycles. The van der Waals surface area contributed by atoms with Crippen LogP contribution in [0.3, 0.4) is 0 Å². The average molecular weight is 556 g/mol. The van der Waals surface area contributed by atoms with Crippen molar-refractivity contribution in [2.45, 2.75) is 39.3 Å². The minimum Gasteiger partial charge on any atom is -0.403 e. The molecule has 4 heteroatoms. The first-order valence-electron chi connectivity index (χ1n) is 14.1. The lowest BCUT2D eigenvalue weighted by atomic mass is 10.0. The molecule has 1 amide bonds. The van der Waals surface area contributed by atoms with E-state index in [0.29, 0.717) is 6.61 Å². The van der Waals surface area contributed by atoms with Crippen molar-refractivity contribution in [2.24, 2.45) is 0 Å². The van der Waals surface area contributed by atoms with Gasteiger partial charge in [0.25, 0.3) is 8.32 Å². The number of carbonyl (C=O) groups is 1. The lowest BCUT2D eigenvalue weighted by Gasteiger charge is -2.43. The summed E-state index contributed by atoms with van der Waals surface area (Å²) in [6.45, 7) is 9.17. The first-order valence-corrected chi connectivity index (χ1v) is 16.0. The molecule has 5 rings (SSSR count). The Bertz CT molecular complexity index is 1630. The van der Waals surface area contributed by atoms with Crippen molar-refractivity contribution in [3.05, 3.63) is 145 Å². The minimum atomic E-state index is -2.71. The molecular weight excluding hydrogens is 518 g/mol. The third-order valence-corrected chi connectivity index (χ3v) is 12.7. The van der Waals surface area contributed by atoms with Gasteiger partial charge in [0.05, 0.1) is 6.61 Å². The van der Waals surface area contributed by atoms with Crippen LogP contribution in [0.5, 0.6) is 0 Å². The second kappa shape index (κ2) is 12.1. The van der Waals surface area contributed by atoms with Crippen LogP contribution in [-0.2, 0) is 15.8 Å². The van der Waals surface area contributed by atoms with Gasteiger partial charge >= 0.3 is 0 Å². The van der Waals surface area contributed by atoms with Crippen molar-refractivity contribution in [3.63, 3.8) is 0 Å². The summed E-state index contributed by atoms with van der Waals surface area (Å²) in [7, 11) is -2.71. The summed E-state index contributed by atoms with van der Waals surface area (Å²) in [6.07, 6.45) is 1.67. The molecule has 0 saturated heterocycles. The number of hydrogen-bond acceptors (Lipinski definition) is 2. The fourth-order valence-corrected chi connectivity index (χ4v) is 10.1. The molecule has 0 atom stereocenters. The number of anilines is 1. The molecule has 0 heterocycles. The van der Waals surface area contributed by atoms with Gasteiger partial charge in [-0.3, -0.25) is 4.79 Å². The molecule has 0 saturated carbocycles. The maximum Gasteiger partial charge on any atom is 0.261 e. The van der Waals surface area contributed by atoms with E-state index in [9.17, 15) is 4.79 Å². The lowest BCUT2D eigenvalue weighted by molar-refractivity contribution is -0.111. The van der Waals surface area contributed by atoms with Crippen LogP contribution in [0.15, 0.2) is 133 Å². The van der Waals surface area contributed by atoms with Gasteiger partial charge in [0.2, 0.25) is 5.91 Å². The summed E-state index contributed by atoms with van der Waals surface area (Å²) >= 11 is 0. The molecule has 5 aromatic carbocycles. The Balaban J connectivity index is 1.42. The Morgan fingerprint density at radius 1 is 0.732 bits per heavy atom. The number of carbonyl (C=O) groups excluding carboxylic acids is 1. The summed E-state index contributed by atoms with van der Waals surface area (Å²) in [5.74, 6) is -0.159. The van der Waals surface area contributed by atoms with Crippen molar-refractivity contribution in [2.75, 3.05) is 5.32 Å². The van der Waals surface area contributed by atoms with Gasteiger partial charge in [0.1, 0.15) is 0 Å². The van der Waals surface area contributed by atoms with E-state index in [0.717, 1.165) is 27.8 Å². The number of nitrogens with one attached hydrogen (secondary N) is 1. The summed E-state index contributed by atoms with van der Waals surface area (Å²) < 4.78 is 7.14. The van der Waals surface area contributed by atoms with E-state index >= 15 is 0 Å². The number of rotatable bonds is 8. The molecule has 0 bridgehead atoms. The summed E-state index contributed by atoms with van der Waals surface area (Å²) in [4.78, 5) is 13.2. The topological polar surface area (TPSA) is 38.3 Å². The van der Waals surface area contributed by atoms with Gasteiger partial charge in [-0.05, 0) is 56.4 Å². The maximum atomic E-state index is 13.2. The van der Waals surface area contributed by atoms with Crippen molar-refractivity contribution < 1.29 is 9.22 Å². The molecule has 0 aliphatic rings. The molecule has 206 valence electrons. The van der Waals surface area contributed by atoms with Crippen molar-refractivity contribution >= 4 is 46.6 Å². The molecular formula is C37H37NO2Si. The number of para-hydroxylation sites is 1. The van der Waals surface area contributed by atoms with Gasteiger partial charge in [0, 0.05) is 17.3 Å². The molecule has 0 aliphatic carbocycles. The van der Waals surface area contributed by atoms with Gasteiger partial charge in [-0.2, -0.15) is 0 Å². The fourth-order valence-electron chi connectivity index (χ4n) is 5.60. The van der Waals surface area contributed by atoms with Crippen LogP contribution in [0.25, 0.3) is 16.3 Å². The van der Waals surface area contributed by atoms with Crippen molar-refractivity contribution in [3.8, 4) is 0 Å². The fraction of sp³-hybridized carbons (Fsp3) is 0.162. The smallest absolute Gasteiger partial charge is 0.261 e. The highest BCUT2D eigenvalue weighted by atomic mass is 28.4. The van der Waals surface area contributed by atoms with Gasteiger partial charge in [-0.1, -0.05) is 136 Å². The molecule has 0 aliphatic heterocycles. The van der Waals surface area contributed by atoms with Gasteiger partial charge in [-0.25, -0.2) is 0 Å². The Hall–Kier alpha value is -4.25. The molecule has 0 radical (unpaired) electrons. The number of amides is 1. The Morgan fingerprint density at radius 3 is 1.93 bits per heavy atom. The van der Waals surface area contributed by atoms with Crippen LogP contribution < -0.4 is 15.7 Å². The zero-order chi connectivity index (χ0) is 28.9. The van der Waals surface area contributed by atoms with E-state index in [-0.39, 0.29) is 10.9 Å². The molecule has 0 spiro atoms. The van der Waals surface area contributed by atoms with Crippen LogP contribution in [-0.4, -0.2) is 14.2 Å². The normalized spacial score (nSPS) is 12.3. The molecule has 3 nitrogen and oxygen atoms in total. The first kappa shape index (κ1) is 28.3. The first-order chi connectivity index (χ1) is 19.8. The van der Waals surface area contributed by atoms with E-state index in [1.54, 1.807) is 6.08 Å². The predicted octanol–water partition coefficient (Wildman–Crippen LogP) is 7.96. The van der Waals surface area contributed by atoms with Gasteiger partial charge < -0.3 is 9.74 Å². The van der Waals surface area contributed by atoms with Crippen molar-refractivity contribution in [1.82, 2.24) is 0 Å². The third-order valence-electron chi connectivity index (χ3n) is 7.69. The monoisotopic (exact) mass is 555 g/mol. The molecule has 1 N–H and O–H groups in total. The molecule has 5 aromatic rings. The standard InChI is InChI=1S/C37H37NO2Si/c1-28(30-24-23-29-15-11-12-16-31(29)26-30)25-36(39)38-35-22-14-13-17-32(35)27-40-41(37(2,3)4,33-18-7-5-8-19-33)34-20-9-6-10-21-34/h5-26H,27H2,1-4H3,(H,38,39)/b28-25-. The number of fused-ring (bicyclic) bond motifs is 1. The number of hydrogen-bond donors (Lipinski definition) is 1. The van der Waals surface area contributed by atoms with Gasteiger partial charge in [0.15, 0.2) is 0 Å². The predicted molar refractivity (Wildman–Crippen MR) is 175 cm³/mol. The molecule has 0 unspecified atom stereocenters. The van der Waals surface area contributed by atoms with Crippen LogP contribution in [0.2, 0.25) is 5.04 Å². The third kappa shape index (κ3) is 6.09. The van der Waals surface area contributed by atoms with Crippen LogP contribution in [0, 0.1) is 0 Å². The highest BCUT2D eigenvalue weighted by Gasteiger charge is 2.50. The molecule has 41 heavy (non-hydrogen) atoms. The summed E-state index contributed by atoms with van der Waals surface area (Å²) in [6, 6.07) is 43.7. The number of allylic oxidation sites excluding steroid dienone is 1. The second-order valence-electron chi connectivity index (χ2n) is 11.5. The highest BCUT2D eigenvalue weighted by molar-refractivity contribution is 6.99. The number of benzene rings is 5. The maximum absolute atomic E-state index is 13.2. The quantitative estimate of drug-likeness (QED) is 0.156. The highest BCUT2D eigenvalue weighted by Crippen LogP contribution is 2.37. The largest absolute Gasteiger partial charge is 0.403 e. The molecule has 0 fully saturated rings. The van der Waals surface area contributed by atoms with Gasteiger partial charge in [-0.15, -0.1) is 0 Å². The van der Waals surface area contributed by atoms with E-state index < -0.39 is 8.32 Å². The van der Waals surface area contributed by atoms with E-state index in [1.807, 2.05) is 43.3 Å². The Labute approximate surface area is 244 Å². The van der Waals surface area contributed by atoms with Crippen molar-refractivity contribution in [1.29, 1.82) is 0 Å². The van der Waals surface area contributed by atoms with Crippen LogP contribution >= 0.6 is 0 Å². The lowest BCUT2D eigenvalue weighted by Crippen LogP contribution is -2.66. The zero-order valence-corrected chi connectivity index (χ0v) is 25.2. The van der Waals surface area contributed by atoms with E-state index in [1.165, 1.54) is 15.8 Å². The summed E-state index contributed by atoms with van der Waals surface area (Å²) in [5, 5.41) is 7.79.